The summed E-state index contributed by atoms with van der Waals surface area (Å²) in [4.78, 5) is 12.5. The molecule has 1 aromatic carbocycles. The predicted molar refractivity (Wildman–Crippen MR) is 77.6 cm³/mol. The van der Waals surface area contributed by atoms with E-state index in [-0.39, 0.29) is 4.08 Å². The third-order valence-electron chi connectivity index (χ3n) is 2.90. The van der Waals surface area contributed by atoms with Crippen molar-refractivity contribution in [2.75, 3.05) is 11.5 Å². The van der Waals surface area contributed by atoms with Gasteiger partial charge in [-0.25, -0.2) is 0 Å². The third kappa shape index (κ3) is 2.71. The van der Waals surface area contributed by atoms with Gasteiger partial charge in [0.2, 0.25) is 0 Å². The van der Waals surface area contributed by atoms with Gasteiger partial charge in [-0.2, -0.15) is 0 Å². The molecule has 0 unspecified atom stereocenters. The van der Waals surface area contributed by atoms with Crippen molar-refractivity contribution in [3.8, 4) is 0 Å². The molecule has 92 valence electrons. The third-order valence-corrected chi connectivity index (χ3v) is 6.33. The summed E-state index contributed by atoms with van der Waals surface area (Å²) in [5, 5.41) is 0. The molecule has 1 saturated heterocycles. The molecular weight excluding hydrogens is 248 g/mol. The van der Waals surface area contributed by atoms with Crippen molar-refractivity contribution in [1.82, 2.24) is 0 Å². The molecule has 1 heterocycles. The molecule has 1 nitrogen and oxygen atoms in total. The molecule has 0 saturated carbocycles. The lowest BCUT2D eigenvalue weighted by Crippen LogP contribution is -2.32. The van der Waals surface area contributed by atoms with Gasteiger partial charge in [0.25, 0.3) is 0 Å². The minimum Gasteiger partial charge on any atom is -0.297 e. The van der Waals surface area contributed by atoms with Crippen LogP contribution >= 0.6 is 23.5 Å². The summed E-state index contributed by atoms with van der Waals surface area (Å²) in [6.45, 7) is 2.08. The van der Waals surface area contributed by atoms with Crippen LogP contribution < -0.4 is 0 Å². The van der Waals surface area contributed by atoms with Gasteiger partial charge in [-0.1, -0.05) is 37.3 Å². The molecule has 0 radical (unpaired) electrons. The number of Topliss-reactive ketones (excluding diaryl/α,β-unsaturated/α-hetero) is 1. The molecule has 0 bridgehead atoms. The van der Waals surface area contributed by atoms with E-state index in [0.29, 0.717) is 12.2 Å². The number of ketones is 1. The Balaban J connectivity index is 2.33. The van der Waals surface area contributed by atoms with Crippen molar-refractivity contribution < 1.29 is 4.79 Å². The molecule has 0 aromatic heterocycles. The van der Waals surface area contributed by atoms with Crippen molar-refractivity contribution in [2.45, 2.75) is 30.3 Å². The summed E-state index contributed by atoms with van der Waals surface area (Å²) in [6.07, 6.45) is 2.84. The van der Waals surface area contributed by atoms with Crippen molar-refractivity contribution in [1.29, 1.82) is 0 Å². The second-order valence-electron chi connectivity index (χ2n) is 4.21. The first-order valence-electron chi connectivity index (χ1n) is 6.16. The van der Waals surface area contributed by atoms with Crippen LogP contribution in [0.1, 0.15) is 31.7 Å². The number of carbonyl (C=O) groups is 1. The van der Waals surface area contributed by atoms with Crippen LogP contribution in [-0.4, -0.2) is 17.3 Å². The molecule has 3 heteroatoms. The first kappa shape index (κ1) is 13.0. The van der Waals surface area contributed by atoms with E-state index in [1.807, 2.05) is 41.7 Å². The summed E-state index contributed by atoms with van der Waals surface area (Å²) >= 11 is 3.65. The highest BCUT2D eigenvalue weighted by atomic mass is 32.2. The Morgan fingerprint density at radius 3 is 2.47 bits per heavy atom. The maximum Gasteiger partial charge on any atom is 0.163 e. The minimum absolute atomic E-state index is 0.324. The van der Waals surface area contributed by atoms with Gasteiger partial charge in [0.15, 0.2) is 5.78 Å². The van der Waals surface area contributed by atoms with Gasteiger partial charge >= 0.3 is 0 Å². The Morgan fingerprint density at radius 1 is 1.24 bits per heavy atom. The topological polar surface area (TPSA) is 17.1 Å². The standard InChI is InChI=1S/C14H18OS2/c1-2-7-13(15)14(16-10-6-11-17-14)12-8-4-3-5-9-12/h3-5,8-9H,2,6-7,10-11H2,1H3. The van der Waals surface area contributed by atoms with Gasteiger partial charge in [-0.3, -0.25) is 4.79 Å². The average Bonchev–Trinajstić information content (AvgIpc) is 2.41. The Kier molecular flexibility index (Phi) is 4.57. The molecule has 0 amide bonds. The number of hydrogen-bond acceptors (Lipinski definition) is 3. The fraction of sp³-hybridized carbons (Fsp3) is 0.500. The van der Waals surface area contributed by atoms with Crippen LogP contribution in [0.2, 0.25) is 0 Å². The number of hydrogen-bond donors (Lipinski definition) is 0. The smallest absolute Gasteiger partial charge is 0.163 e. The average molecular weight is 266 g/mol. The summed E-state index contributed by atoms with van der Waals surface area (Å²) in [7, 11) is 0. The van der Waals surface area contributed by atoms with E-state index in [9.17, 15) is 4.79 Å². The molecule has 0 N–H and O–H groups in total. The number of rotatable bonds is 4. The maximum atomic E-state index is 12.5. The summed E-state index contributed by atoms with van der Waals surface area (Å²) < 4.78 is -0.324. The summed E-state index contributed by atoms with van der Waals surface area (Å²) in [5.41, 5.74) is 1.17. The van der Waals surface area contributed by atoms with Gasteiger partial charge < -0.3 is 0 Å². The fourth-order valence-electron chi connectivity index (χ4n) is 2.07. The van der Waals surface area contributed by atoms with E-state index < -0.39 is 0 Å². The molecule has 0 atom stereocenters. The molecule has 1 aromatic rings. The zero-order valence-corrected chi connectivity index (χ0v) is 11.8. The van der Waals surface area contributed by atoms with Gasteiger partial charge in [0.1, 0.15) is 4.08 Å². The largest absolute Gasteiger partial charge is 0.297 e. The highest BCUT2D eigenvalue weighted by Gasteiger charge is 2.41. The second-order valence-corrected chi connectivity index (χ2v) is 7.08. The maximum absolute atomic E-state index is 12.5. The normalized spacial score (nSPS) is 18.9. The monoisotopic (exact) mass is 266 g/mol. The second kappa shape index (κ2) is 5.96. The lowest BCUT2D eigenvalue weighted by Gasteiger charge is -2.35. The first-order chi connectivity index (χ1) is 8.29. The van der Waals surface area contributed by atoms with Crippen LogP contribution in [0.4, 0.5) is 0 Å². The van der Waals surface area contributed by atoms with Crippen LogP contribution in [0.3, 0.4) is 0 Å². The van der Waals surface area contributed by atoms with Gasteiger partial charge in [0.05, 0.1) is 0 Å². The fourth-order valence-corrected chi connectivity index (χ4v) is 5.37. The predicted octanol–water partition coefficient (Wildman–Crippen LogP) is 4.08. The molecule has 1 aliphatic heterocycles. The molecule has 2 rings (SSSR count). The molecule has 1 aliphatic rings. The highest BCUT2D eigenvalue weighted by molar-refractivity contribution is 8.19. The minimum atomic E-state index is -0.324. The van der Waals surface area contributed by atoms with Crippen molar-refractivity contribution in [3.63, 3.8) is 0 Å². The van der Waals surface area contributed by atoms with Crippen LogP contribution in [0, 0.1) is 0 Å². The number of thioether (sulfide) groups is 2. The van der Waals surface area contributed by atoms with Crippen molar-refractivity contribution in [2.24, 2.45) is 0 Å². The van der Waals surface area contributed by atoms with Crippen LogP contribution in [0.25, 0.3) is 0 Å². The Hall–Kier alpha value is -0.410. The first-order valence-corrected chi connectivity index (χ1v) is 8.13. The highest BCUT2D eigenvalue weighted by Crippen LogP contribution is 2.51. The van der Waals surface area contributed by atoms with E-state index in [2.05, 4.69) is 19.1 Å². The SMILES string of the molecule is CCCC(=O)C1(c2ccccc2)SCCCS1. The molecule has 0 spiro atoms. The van der Waals surface area contributed by atoms with Crippen LogP contribution in [-0.2, 0) is 8.87 Å². The molecule has 17 heavy (non-hydrogen) atoms. The Labute approximate surface area is 112 Å². The van der Waals surface area contributed by atoms with E-state index in [4.69, 9.17) is 0 Å². The van der Waals surface area contributed by atoms with E-state index >= 15 is 0 Å². The Morgan fingerprint density at radius 2 is 1.88 bits per heavy atom. The van der Waals surface area contributed by atoms with Gasteiger partial charge in [0, 0.05) is 6.42 Å². The van der Waals surface area contributed by atoms with Gasteiger partial charge in [-0.05, 0) is 29.9 Å². The van der Waals surface area contributed by atoms with Crippen molar-refractivity contribution >= 4 is 29.3 Å². The summed E-state index contributed by atoms with van der Waals surface area (Å²) in [6, 6.07) is 10.3. The molecule has 1 fully saturated rings. The quantitative estimate of drug-likeness (QED) is 0.817. The number of carbonyl (C=O) groups excluding carboxylic acids is 1. The molecular formula is C14H18OS2. The lowest BCUT2D eigenvalue weighted by molar-refractivity contribution is -0.119. The van der Waals surface area contributed by atoms with E-state index in [1.54, 1.807) is 0 Å². The zero-order valence-electron chi connectivity index (χ0n) is 10.1. The van der Waals surface area contributed by atoms with Gasteiger partial charge in [-0.15, -0.1) is 23.5 Å². The molecule has 0 aliphatic carbocycles. The number of benzene rings is 1. The van der Waals surface area contributed by atoms with Crippen molar-refractivity contribution in [3.05, 3.63) is 35.9 Å². The lowest BCUT2D eigenvalue weighted by atomic mass is 10.0. The van der Waals surface area contributed by atoms with Crippen LogP contribution in [0.15, 0.2) is 30.3 Å². The van der Waals surface area contributed by atoms with E-state index in [1.165, 1.54) is 12.0 Å². The summed E-state index contributed by atoms with van der Waals surface area (Å²) in [5.74, 6) is 2.58. The van der Waals surface area contributed by atoms with Crippen LogP contribution in [0.5, 0.6) is 0 Å². The Bertz CT molecular complexity index is 369. The van der Waals surface area contributed by atoms with E-state index in [0.717, 1.165) is 17.9 Å². The zero-order chi connectivity index (χ0) is 12.1.